The van der Waals surface area contributed by atoms with E-state index in [1.54, 1.807) is 18.5 Å². The minimum atomic E-state index is -0.372. The third-order valence-electron chi connectivity index (χ3n) is 3.22. The number of aromatic nitrogens is 2. The average Bonchev–Trinajstić information content (AvgIpc) is 2.47. The molecule has 0 atom stereocenters. The summed E-state index contributed by atoms with van der Waals surface area (Å²) in [6, 6.07) is 9.64. The van der Waals surface area contributed by atoms with Crippen molar-refractivity contribution < 1.29 is 4.74 Å². The Balaban J connectivity index is 2.66. The number of rotatable bonds is 4. The highest BCUT2D eigenvalue weighted by atomic mass is 16.5. The maximum absolute atomic E-state index is 12.9. The average molecular weight is 298 g/mol. The van der Waals surface area contributed by atoms with Crippen molar-refractivity contribution in [2.45, 2.75) is 33.2 Å². The molecule has 1 heterocycles. The van der Waals surface area contributed by atoms with Gasteiger partial charge in [-0.25, -0.2) is 4.68 Å². The maximum Gasteiger partial charge on any atom is 0.275 e. The number of hydrogen-bond acceptors (Lipinski definition) is 3. The Kier molecular flexibility index (Phi) is 4.81. The second kappa shape index (κ2) is 6.60. The van der Waals surface area contributed by atoms with Crippen LogP contribution in [0, 0.1) is 0 Å². The van der Waals surface area contributed by atoms with Gasteiger partial charge in [-0.2, -0.15) is 5.10 Å². The lowest BCUT2D eigenvalue weighted by Gasteiger charge is -2.22. The molecule has 4 heteroatoms. The number of nitrogens with zero attached hydrogens (tertiary/aromatic N) is 2. The Hall–Kier alpha value is -2.36. The Bertz CT molecular complexity index is 710. The van der Waals surface area contributed by atoms with E-state index in [2.05, 4.69) is 5.10 Å². The van der Waals surface area contributed by atoms with Crippen molar-refractivity contribution in [2.75, 3.05) is 6.61 Å². The first-order chi connectivity index (χ1) is 10.4. The lowest BCUT2D eigenvalue weighted by atomic mass is 10.0. The molecule has 116 valence electrons. The summed E-state index contributed by atoms with van der Waals surface area (Å²) in [6.07, 6.45) is 5.10. The van der Waals surface area contributed by atoms with Crippen LogP contribution in [0.1, 0.15) is 33.3 Å². The molecule has 1 aromatic carbocycles. The Morgan fingerprint density at radius 3 is 2.50 bits per heavy atom. The zero-order valence-electron chi connectivity index (χ0n) is 13.5. The van der Waals surface area contributed by atoms with Crippen LogP contribution in [0.15, 0.2) is 47.6 Å². The van der Waals surface area contributed by atoms with E-state index >= 15 is 0 Å². The highest BCUT2D eigenvalue weighted by Gasteiger charge is 2.20. The van der Waals surface area contributed by atoms with Gasteiger partial charge < -0.3 is 4.74 Å². The Morgan fingerprint density at radius 1 is 1.23 bits per heavy atom. The molecule has 0 saturated carbocycles. The molecule has 4 nitrogen and oxygen atoms in total. The molecule has 0 bridgehead atoms. The van der Waals surface area contributed by atoms with Crippen LogP contribution in [0.2, 0.25) is 0 Å². The Morgan fingerprint density at radius 2 is 1.91 bits per heavy atom. The van der Waals surface area contributed by atoms with E-state index in [-0.39, 0.29) is 11.1 Å². The van der Waals surface area contributed by atoms with E-state index in [1.807, 2.05) is 58.0 Å². The predicted octanol–water partition coefficient (Wildman–Crippen LogP) is 3.67. The van der Waals surface area contributed by atoms with Gasteiger partial charge in [0.15, 0.2) is 0 Å². The zero-order valence-corrected chi connectivity index (χ0v) is 13.5. The number of hydrogen-bond donors (Lipinski definition) is 0. The first kappa shape index (κ1) is 16.0. The zero-order chi connectivity index (χ0) is 16.2. The normalized spacial score (nSPS) is 11.8. The molecule has 0 aliphatic rings. The van der Waals surface area contributed by atoms with Crippen molar-refractivity contribution in [3.63, 3.8) is 0 Å². The van der Waals surface area contributed by atoms with Gasteiger partial charge >= 0.3 is 0 Å². The monoisotopic (exact) mass is 298 g/mol. The van der Waals surface area contributed by atoms with Crippen LogP contribution < -0.4 is 5.56 Å². The lowest BCUT2D eigenvalue weighted by molar-refractivity contribution is 0.272. The molecule has 0 amide bonds. The number of benzene rings is 1. The molecule has 0 radical (unpaired) electrons. The van der Waals surface area contributed by atoms with E-state index < -0.39 is 0 Å². The van der Waals surface area contributed by atoms with Crippen molar-refractivity contribution >= 4 is 6.08 Å². The number of ether oxygens (including phenoxy) is 1. The molecular formula is C18H22N2O2. The van der Waals surface area contributed by atoms with E-state index in [4.69, 9.17) is 4.74 Å². The van der Waals surface area contributed by atoms with E-state index in [0.717, 1.165) is 11.1 Å². The molecule has 0 N–H and O–H groups in total. The van der Waals surface area contributed by atoms with Crippen molar-refractivity contribution in [3.05, 3.63) is 58.7 Å². The predicted molar refractivity (Wildman–Crippen MR) is 89.6 cm³/mol. The highest BCUT2D eigenvalue weighted by molar-refractivity contribution is 5.73. The van der Waals surface area contributed by atoms with Crippen LogP contribution in [0.5, 0.6) is 0 Å². The molecule has 0 aliphatic heterocycles. The molecular weight excluding hydrogens is 276 g/mol. The molecule has 0 aliphatic carbocycles. The van der Waals surface area contributed by atoms with E-state index in [9.17, 15) is 4.79 Å². The summed E-state index contributed by atoms with van der Waals surface area (Å²) < 4.78 is 6.77. The first-order valence-corrected chi connectivity index (χ1v) is 7.41. The lowest BCUT2D eigenvalue weighted by Crippen LogP contribution is -2.37. The minimum Gasteiger partial charge on any atom is -0.501 e. The van der Waals surface area contributed by atoms with Gasteiger partial charge in [-0.1, -0.05) is 30.3 Å². The molecule has 2 rings (SSSR count). The fraction of sp³-hybridized carbons (Fsp3) is 0.333. The summed E-state index contributed by atoms with van der Waals surface area (Å²) in [5.41, 5.74) is 1.80. The standard InChI is InChI=1S/C18H22N2O2/c1-5-22-12-11-15-13-19-20(18(2,3)4)17(21)16(15)14-9-7-6-8-10-14/h6-13H,5H2,1-4H3. The second-order valence-corrected chi connectivity index (χ2v) is 5.99. The van der Waals surface area contributed by atoms with Crippen LogP contribution in [0.4, 0.5) is 0 Å². The van der Waals surface area contributed by atoms with E-state index in [1.165, 1.54) is 4.68 Å². The highest BCUT2D eigenvalue weighted by Crippen LogP contribution is 2.22. The third-order valence-corrected chi connectivity index (χ3v) is 3.22. The van der Waals surface area contributed by atoms with Gasteiger partial charge in [-0.15, -0.1) is 0 Å². The van der Waals surface area contributed by atoms with Crippen LogP contribution in [-0.2, 0) is 10.3 Å². The van der Waals surface area contributed by atoms with Crippen LogP contribution in [0.3, 0.4) is 0 Å². The van der Waals surface area contributed by atoms with Gasteiger partial charge in [0, 0.05) is 5.56 Å². The maximum atomic E-state index is 12.9. The molecule has 1 aromatic heterocycles. The summed E-state index contributed by atoms with van der Waals surface area (Å²) >= 11 is 0. The minimum absolute atomic E-state index is 0.0997. The second-order valence-electron chi connectivity index (χ2n) is 5.99. The summed E-state index contributed by atoms with van der Waals surface area (Å²) in [6.45, 7) is 8.39. The summed E-state index contributed by atoms with van der Waals surface area (Å²) in [4.78, 5) is 12.9. The largest absolute Gasteiger partial charge is 0.501 e. The molecule has 2 aromatic rings. The fourth-order valence-corrected chi connectivity index (χ4v) is 2.18. The van der Waals surface area contributed by atoms with Gasteiger partial charge in [-0.3, -0.25) is 4.79 Å². The van der Waals surface area contributed by atoms with Gasteiger partial charge in [0.05, 0.1) is 30.2 Å². The van der Waals surface area contributed by atoms with Gasteiger partial charge in [0.2, 0.25) is 0 Å². The third kappa shape index (κ3) is 3.45. The summed E-state index contributed by atoms with van der Waals surface area (Å²) in [5.74, 6) is 0. The molecule has 0 saturated heterocycles. The SMILES string of the molecule is CCOC=Cc1cnn(C(C)(C)C)c(=O)c1-c1ccccc1. The fourth-order valence-electron chi connectivity index (χ4n) is 2.18. The van der Waals surface area contributed by atoms with Gasteiger partial charge in [0.1, 0.15) is 0 Å². The van der Waals surface area contributed by atoms with Crippen molar-refractivity contribution in [1.82, 2.24) is 9.78 Å². The quantitative estimate of drug-likeness (QED) is 0.809. The smallest absolute Gasteiger partial charge is 0.275 e. The first-order valence-electron chi connectivity index (χ1n) is 7.41. The van der Waals surface area contributed by atoms with Crippen molar-refractivity contribution in [1.29, 1.82) is 0 Å². The van der Waals surface area contributed by atoms with Crippen LogP contribution >= 0.6 is 0 Å². The topological polar surface area (TPSA) is 44.1 Å². The van der Waals surface area contributed by atoms with E-state index in [0.29, 0.717) is 12.2 Å². The summed E-state index contributed by atoms with van der Waals surface area (Å²) in [5, 5.41) is 4.31. The van der Waals surface area contributed by atoms with Crippen LogP contribution in [-0.4, -0.2) is 16.4 Å². The van der Waals surface area contributed by atoms with Crippen LogP contribution in [0.25, 0.3) is 17.2 Å². The summed E-state index contributed by atoms with van der Waals surface area (Å²) in [7, 11) is 0. The molecule has 22 heavy (non-hydrogen) atoms. The Labute approximate surface area is 131 Å². The molecule has 0 unspecified atom stereocenters. The van der Waals surface area contributed by atoms with Gasteiger partial charge in [-0.05, 0) is 39.3 Å². The van der Waals surface area contributed by atoms with Crippen molar-refractivity contribution in [3.8, 4) is 11.1 Å². The van der Waals surface area contributed by atoms with Crippen molar-refractivity contribution in [2.24, 2.45) is 0 Å². The molecule has 0 spiro atoms. The van der Waals surface area contributed by atoms with Gasteiger partial charge in [0.25, 0.3) is 5.56 Å². The molecule has 0 fully saturated rings.